The predicted molar refractivity (Wildman–Crippen MR) is 106 cm³/mol. The van der Waals surface area contributed by atoms with Gasteiger partial charge in [-0.2, -0.15) is 5.26 Å². The summed E-state index contributed by atoms with van der Waals surface area (Å²) in [6, 6.07) is 7.04. The van der Waals surface area contributed by atoms with Crippen molar-refractivity contribution in [3.63, 3.8) is 0 Å². The van der Waals surface area contributed by atoms with E-state index in [1.165, 1.54) is 25.0 Å². The van der Waals surface area contributed by atoms with Crippen LogP contribution < -0.4 is 10.9 Å². The fourth-order valence-corrected chi connectivity index (χ4v) is 2.97. The Kier molecular flexibility index (Phi) is 5.82. The highest BCUT2D eigenvalue weighted by Crippen LogP contribution is 2.32. The molecule has 140 valence electrons. The summed E-state index contributed by atoms with van der Waals surface area (Å²) in [7, 11) is 0. The number of nitrogens with zero attached hydrogens (tertiary/aromatic N) is 3. The fourth-order valence-electron chi connectivity index (χ4n) is 2.97. The van der Waals surface area contributed by atoms with Crippen LogP contribution in [0.3, 0.4) is 0 Å². The second kappa shape index (κ2) is 8.28. The molecule has 1 aliphatic heterocycles. The molecule has 1 saturated carbocycles. The minimum absolute atomic E-state index is 0.371. The standard InChI is InChI=1S/C21H24FN5/c1-13-4-7-17(22)10-19(13)20(11-23)14(2)21-24-9-8-18(12-25-21)27-26-15(3)16-5-6-16/h4,7,9-10,12,15-16,26-27H,5-6,8H2,1-3H3/b20-14+/t15-/m0/s1. The van der Waals surface area contributed by atoms with E-state index in [2.05, 4.69) is 33.8 Å². The van der Waals surface area contributed by atoms with Crippen LogP contribution >= 0.6 is 0 Å². The van der Waals surface area contributed by atoms with Crippen LogP contribution in [-0.4, -0.2) is 18.1 Å². The number of hydrogen-bond acceptors (Lipinski definition) is 5. The molecule has 3 rings (SSSR count). The Morgan fingerprint density at radius 2 is 2.15 bits per heavy atom. The number of rotatable bonds is 6. The number of nitriles is 1. The van der Waals surface area contributed by atoms with Gasteiger partial charge in [0.25, 0.3) is 0 Å². The molecule has 1 aromatic carbocycles. The van der Waals surface area contributed by atoms with E-state index in [4.69, 9.17) is 0 Å². The molecule has 27 heavy (non-hydrogen) atoms. The Balaban J connectivity index is 1.83. The van der Waals surface area contributed by atoms with Crippen molar-refractivity contribution < 1.29 is 4.39 Å². The molecule has 0 saturated heterocycles. The molecule has 1 aliphatic carbocycles. The van der Waals surface area contributed by atoms with Gasteiger partial charge in [-0.1, -0.05) is 6.07 Å². The summed E-state index contributed by atoms with van der Waals surface area (Å²) in [6.07, 6.45) is 6.67. The third-order valence-electron chi connectivity index (χ3n) is 4.95. The van der Waals surface area contributed by atoms with Crippen molar-refractivity contribution in [2.24, 2.45) is 15.9 Å². The van der Waals surface area contributed by atoms with Gasteiger partial charge in [0.2, 0.25) is 0 Å². The van der Waals surface area contributed by atoms with Gasteiger partial charge >= 0.3 is 0 Å². The highest BCUT2D eigenvalue weighted by molar-refractivity contribution is 6.10. The van der Waals surface area contributed by atoms with Crippen LogP contribution in [0.15, 0.2) is 45.7 Å². The molecule has 0 bridgehead atoms. The van der Waals surface area contributed by atoms with Crippen LogP contribution in [0.5, 0.6) is 0 Å². The maximum absolute atomic E-state index is 13.7. The molecule has 6 heteroatoms. The largest absolute Gasteiger partial charge is 0.323 e. The third-order valence-corrected chi connectivity index (χ3v) is 4.95. The van der Waals surface area contributed by atoms with Crippen LogP contribution in [-0.2, 0) is 0 Å². The van der Waals surface area contributed by atoms with E-state index in [1.54, 1.807) is 25.4 Å². The Labute approximate surface area is 159 Å². The highest BCUT2D eigenvalue weighted by Gasteiger charge is 2.27. The van der Waals surface area contributed by atoms with E-state index in [9.17, 15) is 9.65 Å². The summed E-state index contributed by atoms with van der Waals surface area (Å²) in [5.74, 6) is 0.835. The van der Waals surface area contributed by atoms with E-state index in [0.29, 0.717) is 35.0 Å². The number of nitrogens with one attached hydrogen (secondary N) is 2. The Hall–Kier alpha value is -2.78. The third kappa shape index (κ3) is 4.69. The summed E-state index contributed by atoms with van der Waals surface area (Å²) in [6.45, 7) is 5.81. The van der Waals surface area contributed by atoms with E-state index in [1.807, 2.05) is 6.92 Å². The first-order valence-electron chi connectivity index (χ1n) is 9.18. The molecule has 2 aliphatic rings. The zero-order chi connectivity index (χ0) is 19.4. The number of hydrazine groups is 1. The molecule has 0 spiro atoms. The van der Waals surface area contributed by atoms with Crippen LogP contribution in [0, 0.1) is 30.0 Å². The van der Waals surface area contributed by atoms with Crippen LogP contribution in [0.1, 0.15) is 44.2 Å². The van der Waals surface area contributed by atoms with E-state index in [-0.39, 0.29) is 5.82 Å². The monoisotopic (exact) mass is 365 g/mol. The molecule has 2 N–H and O–H groups in total. The number of aryl methyl sites for hydroxylation is 1. The Morgan fingerprint density at radius 1 is 1.37 bits per heavy atom. The molecule has 0 unspecified atom stereocenters. The average Bonchev–Trinajstić information content (AvgIpc) is 3.50. The Bertz CT molecular complexity index is 884. The van der Waals surface area contributed by atoms with Crippen molar-refractivity contribution in [2.75, 3.05) is 0 Å². The average molecular weight is 365 g/mol. The lowest BCUT2D eigenvalue weighted by Gasteiger charge is -2.15. The molecular formula is C21H24FN5. The van der Waals surface area contributed by atoms with Gasteiger partial charge < -0.3 is 5.43 Å². The molecule has 1 heterocycles. The lowest BCUT2D eigenvalue weighted by Crippen LogP contribution is -2.39. The van der Waals surface area contributed by atoms with E-state index in [0.717, 1.165) is 17.2 Å². The lowest BCUT2D eigenvalue weighted by molar-refractivity contribution is 0.448. The van der Waals surface area contributed by atoms with Crippen LogP contribution in [0.2, 0.25) is 0 Å². The summed E-state index contributed by atoms with van der Waals surface area (Å²) in [5.41, 5.74) is 9.84. The minimum atomic E-state index is -0.371. The van der Waals surface area contributed by atoms with Gasteiger partial charge in [0.1, 0.15) is 11.9 Å². The quantitative estimate of drug-likeness (QED) is 0.590. The van der Waals surface area contributed by atoms with Crippen molar-refractivity contribution in [1.82, 2.24) is 10.9 Å². The Morgan fingerprint density at radius 3 is 2.85 bits per heavy atom. The zero-order valence-electron chi connectivity index (χ0n) is 15.9. The molecule has 1 aromatic rings. The number of amidine groups is 1. The second-order valence-electron chi connectivity index (χ2n) is 7.09. The number of hydrogen-bond donors (Lipinski definition) is 2. The van der Waals surface area contributed by atoms with Gasteiger partial charge in [-0.25, -0.2) is 19.8 Å². The molecule has 0 aromatic heterocycles. The van der Waals surface area contributed by atoms with Crippen molar-refractivity contribution in [1.29, 1.82) is 5.26 Å². The SMILES string of the molecule is C/C(C1=NC=C(NN[C@@H](C)C2CC2)CC=N1)=C(/C#N)c1cc(F)ccc1C. The van der Waals surface area contributed by atoms with Gasteiger partial charge in [0.15, 0.2) is 5.84 Å². The molecular weight excluding hydrogens is 341 g/mol. The van der Waals surface area contributed by atoms with Crippen LogP contribution in [0.25, 0.3) is 5.57 Å². The second-order valence-corrected chi connectivity index (χ2v) is 7.09. The zero-order valence-corrected chi connectivity index (χ0v) is 15.9. The summed E-state index contributed by atoms with van der Waals surface area (Å²) in [4.78, 5) is 8.84. The molecule has 5 nitrogen and oxygen atoms in total. The first kappa shape index (κ1) is 19.0. The van der Waals surface area contributed by atoms with Gasteiger partial charge in [0.05, 0.1) is 11.8 Å². The van der Waals surface area contributed by atoms with Gasteiger partial charge in [-0.05, 0) is 62.8 Å². The van der Waals surface area contributed by atoms with Crippen molar-refractivity contribution >= 4 is 17.6 Å². The van der Waals surface area contributed by atoms with Crippen molar-refractivity contribution in [3.8, 4) is 6.07 Å². The van der Waals surface area contributed by atoms with Crippen molar-refractivity contribution in [3.05, 3.63) is 52.6 Å². The number of allylic oxidation sites excluding steroid dienone is 2. The van der Waals surface area contributed by atoms with E-state index >= 15 is 0 Å². The van der Waals surface area contributed by atoms with Crippen molar-refractivity contribution in [2.45, 2.75) is 46.1 Å². The molecule has 1 fully saturated rings. The summed E-state index contributed by atoms with van der Waals surface area (Å²) >= 11 is 0. The fraction of sp³-hybridized carbons (Fsp3) is 0.381. The molecule has 0 radical (unpaired) electrons. The number of aliphatic imine (C=N–C) groups is 2. The predicted octanol–water partition coefficient (Wildman–Crippen LogP) is 4.04. The summed E-state index contributed by atoms with van der Waals surface area (Å²) in [5, 5.41) is 9.65. The van der Waals surface area contributed by atoms with E-state index < -0.39 is 0 Å². The molecule has 1 atom stereocenters. The van der Waals surface area contributed by atoms with Gasteiger partial charge in [-0.15, -0.1) is 0 Å². The first-order chi connectivity index (χ1) is 13.0. The maximum atomic E-state index is 13.7. The van der Waals surface area contributed by atoms with Gasteiger partial charge in [0, 0.05) is 29.9 Å². The number of benzene rings is 1. The lowest BCUT2D eigenvalue weighted by atomic mass is 9.97. The molecule has 0 amide bonds. The topological polar surface area (TPSA) is 72.6 Å². The van der Waals surface area contributed by atoms with Crippen LogP contribution in [0.4, 0.5) is 4.39 Å². The summed E-state index contributed by atoms with van der Waals surface area (Å²) < 4.78 is 13.7. The minimum Gasteiger partial charge on any atom is -0.323 e. The maximum Gasteiger partial charge on any atom is 0.155 e. The highest BCUT2D eigenvalue weighted by atomic mass is 19.1. The normalized spacial score (nSPS) is 18.6. The first-order valence-corrected chi connectivity index (χ1v) is 9.18. The van der Waals surface area contributed by atoms with Gasteiger partial charge in [-0.3, -0.25) is 0 Å². The number of halogens is 1. The smallest absolute Gasteiger partial charge is 0.155 e.